The number of aromatic nitrogens is 3. The number of benzene rings is 1. The van der Waals surface area contributed by atoms with Crippen molar-refractivity contribution in [2.75, 3.05) is 0 Å². The number of aryl methyl sites for hydroxylation is 1. The molecule has 0 aliphatic heterocycles. The van der Waals surface area contributed by atoms with Crippen molar-refractivity contribution < 1.29 is 4.79 Å². The molecule has 25 heavy (non-hydrogen) atoms. The van der Waals surface area contributed by atoms with Crippen LogP contribution in [0.2, 0.25) is 0 Å². The number of fused-ring (bicyclic) bond motifs is 1. The van der Waals surface area contributed by atoms with Crippen molar-refractivity contribution in [2.45, 2.75) is 39.8 Å². The van der Waals surface area contributed by atoms with Crippen molar-refractivity contribution in [3.8, 4) is 12.3 Å². The van der Waals surface area contributed by atoms with Gasteiger partial charge in [0.2, 0.25) is 0 Å². The maximum absolute atomic E-state index is 12.7. The zero-order valence-corrected chi connectivity index (χ0v) is 15.4. The molecule has 0 aliphatic carbocycles. The first kappa shape index (κ1) is 17.2. The molecule has 3 rings (SSSR count). The number of hydrogen-bond donors (Lipinski definition) is 0. The van der Waals surface area contributed by atoms with Crippen molar-refractivity contribution in [2.24, 2.45) is 4.99 Å². The van der Waals surface area contributed by atoms with E-state index < -0.39 is 0 Å². The zero-order valence-electron chi connectivity index (χ0n) is 14.6. The zero-order chi connectivity index (χ0) is 18.0. The lowest BCUT2D eigenvalue weighted by atomic mass is 10.2. The van der Waals surface area contributed by atoms with Gasteiger partial charge in [0, 0.05) is 12.2 Å². The summed E-state index contributed by atoms with van der Waals surface area (Å²) in [7, 11) is 0. The molecule has 1 amide bonds. The second-order valence-electron chi connectivity index (χ2n) is 6.00. The van der Waals surface area contributed by atoms with Gasteiger partial charge in [-0.15, -0.1) is 6.42 Å². The van der Waals surface area contributed by atoms with Gasteiger partial charge in [-0.1, -0.05) is 30.2 Å². The van der Waals surface area contributed by atoms with Crippen LogP contribution in [0, 0.1) is 12.3 Å². The van der Waals surface area contributed by atoms with Gasteiger partial charge >= 0.3 is 0 Å². The molecule has 2 heterocycles. The maximum Gasteiger partial charge on any atom is 0.297 e. The number of terminal acetylenes is 1. The predicted molar refractivity (Wildman–Crippen MR) is 101 cm³/mol. The topological polar surface area (TPSA) is 52.2 Å². The van der Waals surface area contributed by atoms with Gasteiger partial charge in [-0.25, -0.2) is 0 Å². The van der Waals surface area contributed by atoms with Gasteiger partial charge in [0.1, 0.15) is 5.69 Å². The molecule has 1 aromatic carbocycles. The highest BCUT2D eigenvalue weighted by Crippen LogP contribution is 2.20. The fourth-order valence-electron chi connectivity index (χ4n) is 2.71. The third-order valence-electron chi connectivity index (χ3n) is 3.98. The highest BCUT2D eigenvalue weighted by Gasteiger charge is 2.14. The lowest BCUT2D eigenvalue weighted by molar-refractivity contribution is 0.0986. The van der Waals surface area contributed by atoms with Gasteiger partial charge in [-0.3, -0.25) is 9.48 Å². The maximum atomic E-state index is 12.7. The largest absolute Gasteiger partial charge is 0.305 e. The molecule has 0 atom stereocenters. The quantitative estimate of drug-likeness (QED) is 0.676. The summed E-state index contributed by atoms with van der Waals surface area (Å²) in [5, 5.41) is 4.20. The molecule has 0 radical (unpaired) electrons. The Hall–Kier alpha value is -2.65. The molecule has 0 aliphatic rings. The Labute approximate surface area is 150 Å². The lowest BCUT2D eigenvalue weighted by Crippen LogP contribution is -2.18. The molecule has 5 nitrogen and oxygen atoms in total. The number of carbonyl (C=O) groups excluding carboxylic acids is 1. The van der Waals surface area contributed by atoms with E-state index in [1.54, 1.807) is 16.9 Å². The molecule has 0 unspecified atom stereocenters. The molecule has 2 aromatic heterocycles. The summed E-state index contributed by atoms with van der Waals surface area (Å²) < 4.78 is 4.67. The standard InChI is InChI=1S/C19H20N4OS/c1-5-11-22-15-8-7-14(6-2)12-17(15)25-19(22)21-18(24)16-9-10-20-23(16)13(3)4/h1,7-10,12-13H,6,11H2,2-4H3. The van der Waals surface area contributed by atoms with Gasteiger partial charge in [0.25, 0.3) is 5.91 Å². The van der Waals surface area contributed by atoms with Crippen LogP contribution in [0.4, 0.5) is 0 Å². The summed E-state index contributed by atoms with van der Waals surface area (Å²) in [4.78, 5) is 17.6. The molecule has 3 aromatic rings. The third kappa shape index (κ3) is 3.28. The number of carbonyl (C=O) groups is 1. The second kappa shape index (κ2) is 7.08. The van der Waals surface area contributed by atoms with Crippen LogP contribution in [-0.2, 0) is 13.0 Å². The van der Waals surface area contributed by atoms with Crippen molar-refractivity contribution in [1.82, 2.24) is 14.3 Å². The molecule has 0 N–H and O–H groups in total. The van der Waals surface area contributed by atoms with E-state index >= 15 is 0 Å². The molecule has 0 saturated carbocycles. The fraction of sp³-hybridized carbons (Fsp3) is 0.316. The van der Waals surface area contributed by atoms with Crippen molar-refractivity contribution in [1.29, 1.82) is 0 Å². The van der Waals surface area contributed by atoms with Crippen molar-refractivity contribution in [3.63, 3.8) is 0 Å². The van der Waals surface area contributed by atoms with Gasteiger partial charge in [0.15, 0.2) is 4.80 Å². The minimum absolute atomic E-state index is 0.0940. The average Bonchev–Trinajstić information content (AvgIpc) is 3.20. The third-order valence-corrected chi connectivity index (χ3v) is 5.02. The predicted octanol–water partition coefficient (Wildman–Crippen LogP) is 3.42. The second-order valence-corrected chi connectivity index (χ2v) is 7.01. The van der Waals surface area contributed by atoms with E-state index in [-0.39, 0.29) is 11.9 Å². The molecule has 128 valence electrons. The Balaban J connectivity index is 2.15. The van der Waals surface area contributed by atoms with Crippen LogP contribution in [0.15, 0.2) is 35.5 Å². The van der Waals surface area contributed by atoms with E-state index in [1.807, 2.05) is 24.5 Å². The Morgan fingerprint density at radius 2 is 2.20 bits per heavy atom. The van der Waals surface area contributed by atoms with Crippen LogP contribution in [-0.4, -0.2) is 20.3 Å². The van der Waals surface area contributed by atoms with Gasteiger partial charge in [-0.05, 0) is 44.0 Å². The number of hydrogen-bond acceptors (Lipinski definition) is 3. The average molecular weight is 352 g/mol. The summed E-state index contributed by atoms with van der Waals surface area (Å²) in [6.07, 6.45) is 8.10. The van der Waals surface area contributed by atoms with E-state index in [2.05, 4.69) is 35.1 Å². The Morgan fingerprint density at radius 1 is 1.40 bits per heavy atom. The van der Waals surface area contributed by atoms with Crippen LogP contribution in [0.5, 0.6) is 0 Å². The lowest BCUT2D eigenvalue weighted by Gasteiger charge is -2.07. The highest BCUT2D eigenvalue weighted by molar-refractivity contribution is 7.16. The Bertz CT molecular complexity index is 1030. The molecule has 0 bridgehead atoms. The summed E-state index contributed by atoms with van der Waals surface area (Å²) >= 11 is 1.48. The van der Waals surface area contributed by atoms with Crippen LogP contribution in [0.25, 0.3) is 10.2 Å². The number of rotatable bonds is 4. The SMILES string of the molecule is C#CCn1c(=NC(=O)c2ccnn2C(C)C)sc2cc(CC)ccc21. The smallest absolute Gasteiger partial charge is 0.297 e. The molecule has 0 fully saturated rings. The minimum atomic E-state index is -0.306. The number of amides is 1. The van der Waals surface area contributed by atoms with E-state index in [1.165, 1.54) is 16.9 Å². The normalized spacial score (nSPS) is 12.0. The van der Waals surface area contributed by atoms with Crippen molar-refractivity contribution in [3.05, 3.63) is 46.5 Å². The summed E-state index contributed by atoms with van der Waals surface area (Å²) in [5.74, 6) is 2.34. The molecule has 0 saturated heterocycles. The fourth-order valence-corrected chi connectivity index (χ4v) is 3.80. The minimum Gasteiger partial charge on any atom is -0.305 e. The number of thiazole rings is 1. The van der Waals surface area contributed by atoms with Gasteiger partial charge < -0.3 is 4.57 Å². The van der Waals surface area contributed by atoms with Gasteiger partial charge in [0.05, 0.1) is 16.8 Å². The van der Waals surface area contributed by atoms with E-state index in [4.69, 9.17) is 6.42 Å². The summed E-state index contributed by atoms with van der Waals surface area (Å²) in [6.45, 7) is 6.45. The molecular formula is C19H20N4OS. The van der Waals surface area contributed by atoms with Crippen LogP contribution in [0.3, 0.4) is 0 Å². The van der Waals surface area contributed by atoms with E-state index in [9.17, 15) is 4.79 Å². The number of nitrogens with zero attached hydrogens (tertiary/aromatic N) is 4. The van der Waals surface area contributed by atoms with Crippen LogP contribution in [0.1, 0.15) is 42.9 Å². The van der Waals surface area contributed by atoms with E-state index in [0.29, 0.717) is 17.0 Å². The first-order chi connectivity index (χ1) is 12.0. The van der Waals surface area contributed by atoms with E-state index in [0.717, 1.165) is 16.6 Å². The Kier molecular flexibility index (Phi) is 4.86. The molecular weight excluding hydrogens is 332 g/mol. The first-order valence-corrected chi connectivity index (χ1v) is 9.05. The van der Waals surface area contributed by atoms with Crippen LogP contribution < -0.4 is 4.80 Å². The first-order valence-electron chi connectivity index (χ1n) is 8.23. The Morgan fingerprint density at radius 3 is 2.88 bits per heavy atom. The van der Waals surface area contributed by atoms with Crippen molar-refractivity contribution >= 4 is 27.5 Å². The van der Waals surface area contributed by atoms with Gasteiger partial charge in [-0.2, -0.15) is 10.1 Å². The molecule has 0 spiro atoms. The summed E-state index contributed by atoms with van der Waals surface area (Å²) in [5.41, 5.74) is 2.73. The van der Waals surface area contributed by atoms with Crippen LogP contribution >= 0.6 is 11.3 Å². The monoisotopic (exact) mass is 352 g/mol. The summed E-state index contributed by atoms with van der Waals surface area (Å²) in [6, 6.07) is 8.05. The highest BCUT2D eigenvalue weighted by atomic mass is 32.1. The molecule has 6 heteroatoms.